The lowest BCUT2D eigenvalue weighted by Gasteiger charge is -2.10. The third kappa shape index (κ3) is 4.09. The maximum Gasteiger partial charge on any atom is 0.375 e. The second-order valence-electron chi connectivity index (χ2n) is 5.66. The number of para-hydroxylation sites is 3. The monoisotopic (exact) mass is 369 g/mol. The first-order chi connectivity index (χ1) is 13.1. The number of rotatable bonds is 7. The highest BCUT2D eigenvalue weighted by atomic mass is 16.5. The lowest BCUT2D eigenvalue weighted by Crippen LogP contribution is -2.21. The van der Waals surface area contributed by atoms with Gasteiger partial charge in [0.15, 0.2) is 6.61 Å². The molecule has 1 N–H and O–H groups in total. The Morgan fingerprint density at radius 2 is 1.78 bits per heavy atom. The number of benzene rings is 2. The molecule has 140 valence electrons. The van der Waals surface area contributed by atoms with E-state index in [1.165, 1.54) is 14.2 Å². The Hall–Kier alpha value is -3.32. The quantitative estimate of drug-likeness (QED) is 0.643. The predicted octanol–water partition coefficient (Wildman–Crippen LogP) is 3.38. The van der Waals surface area contributed by atoms with E-state index in [4.69, 9.17) is 18.6 Å². The fraction of sp³-hybridized carbons (Fsp3) is 0.200. The summed E-state index contributed by atoms with van der Waals surface area (Å²) >= 11 is 0. The number of anilines is 1. The van der Waals surface area contributed by atoms with Crippen LogP contribution in [0.4, 0.5) is 5.69 Å². The molecule has 1 amide bonds. The van der Waals surface area contributed by atoms with E-state index in [0.29, 0.717) is 22.6 Å². The summed E-state index contributed by atoms with van der Waals surface area (Å²) in [6.45, 7) is -0.269. The highest BCUT2D eigenvalue weighted by Crippen LogP contribution is 2.27. The summed E-state index contributed by atoms with van der Waals surface area (Å²) in [6, 6.07) is 14.2. The summed E-state index contributed by atoms with van der Waals surface area (Å²) in [7, 11) is 3.03. The Bertz CT molecular complexity index is 962. The molecule has 0 fully saturated rings. The van der Waals surface area contributed by atoms with Gasteiger partial charge in [0.05, 0.1) is 19.4 Å². The summed E-state index contributed by atoms with van der Waals surface area (Å²) in [5.41, 5.74) is 1.63. The number of esters is 1. The van der Waals surface area contributed by atoms with Gasteiger partial charge in [-0.3, -0.25) is 4.79 Å². The van der Waals surface area contributed by atoms with Crippen molar-refractivity contribution in [3.63, 3.8) is 0 Å². The van der Waals surface area contributed by atoms with Crippen molar-refractivity contribution in [3.8, 4) is 5.75 Å². The molecule has 0 radical (unpaired) electrons. The molecule has 0 spiro atoms. The lowest BCUT2D eigenvalue weighted by molar-refractivity contribution is -0.119. The summed E-state index contributed by atoms with van der Waals surface area (Å²) < 4.78 is 21.0. The van der Waals surface area contributed by atoms with E-state index in [0.717, 1.165) is 5.39 Å². The van der Waals surface area contributed by atoms with Gasteiger partial charge in [0.25, 0.3) is 5.91 Å². The second-order valence-corrected chi connectivity index (χ2v) is 5.66. The number of ether oxygens (including phenoxy) is 3. The molecule has 0 aliphatic rings. The van der Waals surface area contributed by atoms with Gasteiger partial charge in [0.2, 0.25) is 5.76 Å². The first-order valence-corrected chi connectivity index (χ1v) is 8.23. The number of nitrogens with one attached hydrogen (secondary N) is 1. The normalized spacial score (nSPS) is 10.6. The number of furan rings is 1. The number of hydrogen-bond donors (Lipinski definition) is 1. The minimum Gasteiger partial charge on any atom is -0.495 e. The summed E-state index contributed by atoms with van der Waals surface area (Å²) in [5, 5.41) is 3.41. The van der Waals surface area contributed by atoms with Crippen LogP contribution in [0.25, 0.3) is 11.0 Å². The minimum absolute atomic E-state index is 0.0307. The third-order valence-electron chi connectivity index (χ3n) is 3.89. The van der Waals surface area contributed by atoms with Crippen LogP contribution in [0.1, 0.15) is 16.1 Å². The molecule has 7 nitrogen and oxygen atoms in total. The van der Waals surface area contributed by atoms with Gasteiger partial charge in [0, 0.05) is 18.1 Å². The summed E-state index contributed by atoms with van der Waals surface area (Å²) in [6.07, 6.45) is 0. The molecular weight excluding hydrogens is 350 g/mol. The van der Waals surface area contributed by atoms with Gasteiger partial charge in [-0.05, 0) is 18.2 Å². The highest BCUT2D eigenvalue weighted by molar-refractivity contribution is 5.98. The lowest BCUT2D eigenvalue weighted by atomic mass is 10.1. The van der Waals surface area contributed by atoms with Gasteiger partial charge in [-0.15, -0.1) is 0 Å². The molecule has 0 bridgehead atoms. The fourth-order valence-corrected chi connectivity index (χ4v) is 2.68. The smallest absolute Gasteiger partial charge is 0.375 e. The Morgan fingerprint density at radius 1 is 1.04 bits per heavy atom. The number of hydrogen-bond acceptors (Lipinski definition) is 6. The molecule has 0 aliphatic carbocycles. The van der Waals surface area contributed by atoms with E-state index in [1.54, 1.807) is 36.4 Å². The van der Waals surface area contributed by atoms with Crippen molar-refractivity contribution in [2.75, 3.05) is 26.1 Å². The molecule has 1 aromatic heterocycles. The van der Waals surface area contributed by atoms with E-state index < -0.39 is 18.5 Å². The Morgan fingerprint density at radius 3 is 2.56 bits per heavy atom. The number of amides is 1. The summed E-state index contributed by atoms with van der Waals surface area (Å²) in [4.78, 5) is 24.5. The molecule has 7 heteroatoms. The second kappa shape index (κ2) is 8.37. The minimum atomic E-state index is -0.728. The van der Waals surface area contributed by atoms with Gasteiger partial charge in [0.1, 0.15) is 11.3 Å². The van der Waals surface area contributed by atoms with Crippen LogP contribution in [0.3, 0.4) is 0 Å². The van der Waals surface area contributed by atoms with Crippen LogP contribution in [0.2, 0.25) is 0 Å². The summed E-state index contributed by atoms with van der Waals surface area (Å²) in [5.74, 6) is -0.675. The van der Waals surface area contributed by atoms with Crippen molar-refractivity contribution in [1.82, 2.24) is 0 Å². The standard InChI is InChI=1S/C20H19NO6/c1-24-11-14-13-7-3-5-9-16(13)27-19(14)20(23)26-12-18(22)21-15-8-4-6-10-17(15)25-2/h3-10H,11-12H2,1-2H3,(H,21,22). The van der Waals surface area contributed by atoms with Gasteiger partial charge in [-0.1, -0.05) is 30.3 Å². The van der Waals surface area contributed by atoms with Crippen molar-refractivity contribution >= 4 is 28.5 Å². The molecule has 2 aromatic carbocycles. The van der Waals surface area contributed by atoms with Crippen LogP contribution in [-0.2, 0) is 20.9 Å². The average molecular weight is 369 g/mol. The maximum absolute atomic E-state index is 12.4. The molecule has 0 saturated carbocycles. The average Bonchev–Trinajstić information content (AvgIpc) is 3.06. The third-order valence-corrected chi connectivity index (χ3v) is 3.89. The fourth-order valence-electron chi connectivity index (χ4n) is 2.68. The van der Waals surface area contributed by atoms with Gasteiger partial charge in [-0.2, -0.15) is 0 Å². The van der Waals surface area contributed by atoms with Crippen LogP contribution in [0, 0.1) is 0 Å². The molecule has 0 atom stereocenters. The van der Waals surface area contributed by atoms with Crippen molar-refractivity contribution in [3.05, 3.63) is 59.9 Å². The van der Waals surface area contributed by atoms with Crippen molar-refractivity contribution < 1.29 is 28.2 Å². The van der Waals surface area contributed by atoms with Crippen LogP contribution in [0.15, 0.2) is 52.9 Å². The molecule has 0 saturated heterocycles. The molecule has 27 heavy (non-hydrogen) atoms. The van der Waals surface area contributed by atoms with Gasteiger partial charge in [-0.25, -0.2) is 4.79 Å². The first-order valence-electron chi connectivity index (χ1n) is 8.23. The van der Waals surface area contributed by atoms with E-state index in [1.807, 2.05) is 12.1 Å². The Balaban J connectivity index is 1.70. The Kier molecular flexibility index (Phi) is 5.73. The molecule has 0 unspecified atom stereocenters. The van der Waals surface area contributed by atoms with Crippen molar-refractivity contribution in [2.45, 2.75) is 6.61 Å². The van der Waals surface area contributed by atoms with Crippen molar-refractivity contribution in [1.29, 1.82) is 0 Å². The SMILES string of the molecule is COCc1c(C(=O)OCC(=O)Nc2ccccc2OC)oc2ccccc12. The highest BCUT2D eigenvalue weighted by Gasteiger charge is 2.22. The van der Waals surface area contributed by atoms with E-state index in [9.17, 15) is 9.59 Å². The largest absolute Gasteiger partial charge is 0.495 e. The van der Waals surface area contributed by atoms with Gasteiger partial charge >= 0.3 is 5.97 Å². The molecule has 1 heterocycles. The molecule has 3 aromatic rings. The van der Waals surface area contributed by atoms with Crippen LogP contribution < -0.4 is 10.1 Å². The Labute approximate surface area is 155 Å². The van der Waals surface area contributed by atoms with Crippen molar-refractivity contribution in [2.24, 2.45) is 0 Å². The number of carbonyl (C=O) groups is 2. The zero-order chi connectivity index (χ0) is 19.2. The zero-order valence-corrected chi connectivity index (χ0v) is 15.0. The number of methoxy groups -OCH3 is 2. The molecular formula is C20H19NO6. The van der Waals surface area contributed by atoms with Crippen LogP contribution in [-0.4, -0.2) is 32.7 Å². The van der Waals surface area contributed by atoms with Crippen LogP contribution >= 0.6 is 0 Å². The molecule has 3 rings (SSSR count). The van der Waals surface area contributed by atoms with E-state index >= 15 is 0 Å². The zero-order valence-electron chi connectivity index (χ0n) is 15.0. The number of fused-ring (bicyclic) bond motifs is 1. The first kappa shape index (κ1) is 18.5. The maximum atomic E-state index is 12.4. The van der Waals surface area contributed by atoms with Crippen LogP contribution in [0.5, 0.6) is 5.75 Å². The predicted molar refractivity (Wildman–Crippen MR) is 98.8 cm³/mol. The number of carbonyl (C=O) groups excluding carboxylic acids is 2. The van der Waals surface area contributed by atoms with E-state index in [-0.39, 0.29) is 12.4 Å². The molecule has 0 aliphatic heterocycles. The van der Waals surface area contributed by atoms with E-state index in [2.05, 4.69) is 5.32 Å². The van der Waals surface area contributed by atoms with Gasteiger partial charge < -0.3 is 23.9 Å². The topological polar surface area (TPSA) is 87.0 Å².